The zero-order valence-electron chi connectivity index (χ0n) is 30.4. The number of rotatable bonds is 20. The molecule has 2 aromatic heterocycles. The van der Waals surface area contributed by atoms with E-state index in [1.165, 1.54) is 6.92 Å². The van der Waals surface area contributed by atoms with Gasteiger partial charge in [-0.3, -0.25) is 37.6 Å². The lowest BCUT2D eigenvalue weighted by molar-refractivity contribution is -0.242. The minimum atomic E-state index is -6.01. The van der Waals surface area contributed by atoms with Gasteiger partial charge in [0.15, 0.2) is 36.1 Å². The summed E-state index contributed by atoms with van der Waals surface area (Å²) in [6.07, 6.45) is -14.9. The van der Waals surface area contributed by atoms with Gasteiger partial charge in [0.05, 0.1) is 12.9 Å². The number of hydrogen-bond acceptors (Lipinski definition) is 22. The van der Waals surface area contributed by atoms with Crippen molar-refractivity contribution in [1.29, 1.82) is 0 Å². The van der Waals surface area contributed by atoms with Gasteiger partial charge in [-0.15, -0.1) is 0 Å². The first-order valence-electron chi connectivity index (χ1n) is 16.0. The zero-order valence-corrected chi connectivity index (χ0v) is 32.2. The molecule has 5 N–H and O–H groups in total. The predicted octanol–water partition coefficient (Wildman–Crippen LogP) is -0.0920. The molecule has 0 saturated carbocycles. The fourth-order valence-electron chi connectivity index (χ4n) is 4.96. The molecule has 0 aromatic carbocycles. The Balaban J connectivity index is 1.88. The van der Waals surface area contributed by atoms with Crippen LogP contribution in [-0.2, 0) is 79.6 Å². The van der Waals surface area contributed by atoms with Crippen molar-refractivity contribution < 1.29 is 98.9 Å². The van der Waals surface area contributed by atoms with E-state index in [0.29, 0.717) is 0 Å². The summed E-state index contributed by atoms with van der Waals surface area (Å²) in [4.78, 5) is 91.9. The number of imidazole rings is 1. The zero-order chi connectivity index (χ0) is 42.1. The number of ether oxygens (including phenoxy) is 7. The monoisotopic (exact) mass is 847 g/mol. The Bertz CT molecular complexity index is 1840. The number of aromatic nitrogens is 4. The van der Waals surface area contributed by atoms with Crippen molar-refractivity contribution in [3.8, 4) is 0 Å². The summed E-state index contributed by atoms with van der Waals surface area (Å²) in [6, 6.07) is 0. The number of nitrogen functional groups attached to an aromatic ring is 1. The predicted molar refractivity (Wildman–Crippen MR) is 177 cm³/mol. The first-order valence-corrected chi connectivity index (χ1v) is 19.0. The van der Waals surface area contributed by atoms with E-state index in [-0.39, 0.29) is 17.0 Å². The van der Waals surface area contributed by atoms with Crippen LogP contribution in [0.15, 0.2) is 12.7 Å². The molecule has 1 fully saturated rings. The van der Waals surface area contributed by atoms with Crippen LogP contribution < -0.4 is 5.73 Å². The van der Waals surface area contributed by atoms with Crippen LogP contribution in [-0.4, -0.2) is 133 Å². The number of aliphatic hydroxyl groups excluding tert-OH is 1. The van der Waals surface area contributed by atoms with Gasteiger partial charge in [-0.25, -0.2) is 28.5 Å². The highest BCUT2D eigenvalue weighted by Gasteiger charge is 2.49. The van der Waals surface area contributed by atoms with E-state index < -0.39 is 121 Å². The molecule has 0 aliphatic carbocycles. The molecule has 8 unspecified atom stereocenters. The van der Waals surface area contributed by atoms with Gasteiger partial charge in [0.25, 0.3) is 0 Å². The second-order valence-corrected chi connectivity index (χ2v) is 14.7. The number of halogens is 1. The maximum absolute atomic E-state index is 15.1. The largest absolute Gasteiger partial charge is 0.483 e. The second kappa shape index (κ2) is 19.8. The molecular formula is C28H40FN5O20P2. The van der Waals surface area contributed by atoms with Crippen molar-refractivity contribution >= 4 is 62.5 Å². The molecule has 11 atom stereocenters. The molecule has 1 saturated heterocycles. The molecular weight excluding hydrogens is 807 g/mol. The Morgan fingerprint density at radius 3 is 2.04 bits per heavy atom. The molecule has 314 valence electrons. The van der Waals surface area contributed by atoms with Crippen molar-refractivity contribution in [2.75, 3.05) is 25.6 Å². The van der Waals surface area contributed by atoms with Gasteiger partial charge in [-0.2, -0.15) is 4.31 Å². The number of esters is 5. The van der Waals surface area contributed by atoms with Crippen LogP contribution in [0.5, 0.6) is 0 Å². The molecule has 3 heterocycles. The normalized spacial score (nSPS) is 23.0. The molecule has 25 nitrogen and oxygen atoms in total. The Morgan fingerprint density at radius 2 is 1.46 bits per heavy atom. The Morgan fingerprint density at radius 1 is 0.893 bits per heavy atom. The number of phosphoric acid groups is 2. The van der Waals surface area contributed by atoms with Gasteiger partial charge in [0, 0.05) is 34.6 Å². The van der Waals surface area contributed by atoms with Crippen molar-refractivity contribution in [1.82, 2.24) is 19.5 Å². The summed E-state index contributed by atoms with van der Waals surface area (Å²) in [6.45, 7) is 2.92. The van der Waals surface area contributed by atoms with Crippen LogP contribution in [0.3, 0.4) is 0 Å². The molecule has 28 heteroatoms. The molecule has 1 aliphatic rings. The van der Waals surface area contributed by atoms with Crippen molar-refractivity contribution in [2.24, 2.45) is 0 Å². The molecule has 0 spiro atoms. The van der Waals surface area contributed by atoms with Gasteiger partial charge in [0.1, 0.15) is 49.5 Å². The molecule has 0 amide bonds. The number of hydrogen-bond donors (Lipinski definition) is 4. The Kier molecular flexibility index (Phi) is 16.3. The number of carbonyl (C=O) groups is 5. The fourth-order valence-corrected chi connectivity index (χ4v) is 7.12. The van der Waals surface area contributed by atoms with Gasteiger partial charge in [0.2, 0.25) is 6.29 Å². The number of carbonyl (C=O) groups excluding carboxylic acids is 5. The third kappa shape index (κ3) is 13.5. The maximum atomic E-state index is 15.1. The third-order valence-electron chi connectivity index (χ3n) is 7.11. The highest BCUT2D eigenvalue weighted by atomic mass is 31.3. The minimum Gasteiger partial charge on any atom is -0.462 e. The molecule has 1 aliphatic heterocycles. The van der Waals surface area contributed by atoms with E-state index in [1.54, 1.807) is 0 Å². The molecule has 2 aromatic rings. The number of anilines is 1. The number of fused-ring (bicyclic) bond motifs is 1. The van der Waals surface area contributed by atoms with E-state index >= 15 is 4.39 Å². The lowest BCUT2D eigenvalue weighted by Crippen LogP contribution is -2.50. The van der Waals surface area contributed by atoms with E-state index in [9.17, 15) is 48.0 Å². The van der Waals surface area contributed by atoms with Crippen LogP contribution in [0, 0.1) is 0 Å². The van der Waals surface area contributed by atoms with Crippen LogP contribution >= 0.6 is 15.6 Å². The molecule has 0 radical (unpaired) electrons. The molecule has 0 bridgehead atoms. The van der Waals surface area contributed by atoms with Gasteiger partial charge in [-0.1, -0.05) is 0 Å². The summed E-state index contributed by atoms with van der Waals surface area (Å²) in [5, 5.41) is 10.5. The smallest absolute Gasteiger partial charge is 0.462 e. The summed E-state index contributed by atoms with van der Waals surface area (Å²) < 4.78 is 92.8. The fraction of sp³-hybridized carbons (Fsp3) is 0.643. The Labute approximate surface area is 316 Å². The molecule has 56 heavy (non-hydrogen) atoms. The lowest BCUT2D eigenvalue weighted by atomic mass is 10.1. The van der Waals surface area contributed by atoms with E-state index in [4.69, 9.17) is 47.9 Å². The SMILES string of the molecule is CC(=O)OC[C@@H](OC(C)=O)C(OC([C@H](C)OC(C)=O)[C@@H](COC(C)=O)OC(C)=O)OP(=O)(O)OP(=O)(O)OCC1OC(n2cnc3c(N)ncnc32)C(O)C1F. The van der Waals surface area contributed by atoms with Crippen molar-refractivity contribution in [3.63, 3.8) is 0 Å². The van der Waals surface area contributed by atoms with Gasteiger partial charge >= 0.3 is 45.5 Å². The van der Waals surface area contributed by atoms with Crippen LogP contribution in [0.4, 0.5) is 10.2 Å². The summed E-state index contributed by atoms with van der Waals surface area (Å²) >= 11 is 0. The van der Waals surface area contributed by atoms with E-state index in [1.807, 2.05) is 0 Å². The summed E-state index contributed by atoms with van der Waals surface area (Å²) in [5.74, 6) is -4.93. The average molecular weight is 848 g/mol. The van der Waals surface area contributed by atoms with Crippen LogP contribution in [0.2, 0.25) is 0 Å². The van der Waals surface area contributed by atoms with Crippen LogP contribution in [0.25, 0.3) is 11.2 Å². The number of aliphatic hydroxyl groups is 1. The highest BCUT2D eigenvalue weighted by Crippen LogP contribution is 2.61. The number of nitrogens with zero attached hydrogens (tertiary/aromatic N) is 4. The van der Waals surface area contributed by atoms with Crippen molar-refractivity contribution in [3.05, 3.63) is 12.7 Å². The number of alkyl halides is 1. The second-order valence-electron chi connectivity index (χ2n) is 11.7. The standard InChI is InChI=1S/C28H40FN5O20P2/c1-12(48-15(4)37)24(19(49-16(5)38)7-45-13(2)35)52-28(20(50-17(6)39)8-46-14(3)36)53-56(43,44)54-55(41,42)47-9-18-21(29)23(40)27(51-18)34-11-33-22-25(30)31-10-32-26(22)34/h10-12,18-21,23-24,27-28,40H,7-9H2,1-6H3,(H,41,42)(H,43,44)(H2,30,31,32)/t12-,18?,19+,20+,21?,23?,24?,27?,28?/m0/s1. The summed E-state index contributed by atoms with van der Waals surface area (Å²) in [7, 11) is -11.8. The topological polar surface area (TPSA) is 342 Å². The average Bonchev–Trinajstić information content (AvgIpc) is 3.61. The number of nitrogens with two attached hydrogens (primary N) is 1. The lowest BCUT2D eigenvalue weighted by Gasteiger charge is -2.35. The first-order chi connectivity index (χ1) is 26.0. The Hall–Kier alpha value is -4.23. The minimum absolute atomic E-state index is 0.0363. The van der Waals surface area contributed by atoms with E-state index in [2.05, 4.69) is 19.3 Å². The first kappa shape index (κ1) is 46.2. The van der Waals surface area contributed by atoms with Gasteiger partial charge in [-0.05, 0) is 6.92 Å². The number of phosphoric ester groups is 2. The van der Waals surface area contributed by atoms with Crippen molar-refractivity contribution in [2.45, 2.75) is 96.9 Å². The van der Waals surface area contributed by atoms with E-state index in [0.717, 1.165) is 51.8 Å². The highest BCUT2D eigenvalue weighted by molar-refractivity contribution is 7.61. The van der Waals surface area contributed by atoms with Gasteiger partial charge < -0.3 is 53.8 Å². The van der Waals surface area contributed by atoms with Crippen LogP contribution in [0.1, 0.15) is 47.8 Å². The third-order valence-corrected chi connectivity index (χ3v) is 9.71. The quantitative estimate of drug-likeness (QED) is 0.0585. The summed E-state index contributed by atoms with van der Waals surface area (Å²) in [5.41, 5.74) is 5.88. The molecule has 3 rings (SSSR count). The maximum Gasteiger partial charge on any atom is 0.483 e.